The first-order valence-corrected chi connectivity index (χ1v) is 8.89. The van der Waals surface area contributed by atoms with Crippen molar-refractivity contribution in [3.8, 4) is 0 Å². The van der Waals surface area contributed by atoms with E-state index in [0.29, 0.717) is 17.2 Å². The molecule has 1 heterocycles. The molecule has 0 amide bonds. The van der Waals surface area contributed by atoms with E-state index in [1.165, 1.54) is 11.8 Å². The maximum atomic E-state index is 11.1. The van der Waals surface area contributed by atoms with Crippen LogP contribution in [0, 0.1) is 0 Å². The zero-order valence-electron chi connectivity index (χ0n) is 10.9. The van der Waals surface area contributed by atoms with Crippen LogP contribution in [0.15, 0.2) is 33.4 Å². The summed E-state index contributed by atoms with van der Waals surface area (Å²) in [7, 11) is -3.68. The van der Waals surface area contributed by atoms with E-state index >= 15 is 0 Å². The Morgan fingerprint density at radius 1 is 1.57 bits per heavy atom. The van der Waals surface area contributed by atoms with Crippen molar-refractivity contribution in [2.45, 2.75) is 16.6 Å². The number of rotatable bonds is 4. The molecule has 7 nitrogen and oxygen atoms in total. The molecule has 0 aromatic heterocycles. The van der Waals surface area contributed by atoms with Crippen LogP contribution in [0.5, 0.6) is 0 Å². The van der Waals surface area contributed by atoms with Crippen LogP contribution in [0.1, 0.15) is 12.0 Å². The molecule has 1 aliphatic rings. The highest BCUT2D eigenvalue weighted by molar-refractivity contribution is 8.00. The van der Waals surface area contributed by atoms with Gasteiger partial charge in [0.2, 0.25) is 0 Å². The molecule has 1 aromatic rings. The smallest absolute Gasteiger partial charge is 0.268 e. The second-order valence-corrected chi connectivity index (χ2v) is 7.65. The Morgan fingerprint density at radius 3 is 3.00 bits per heavy atom. The molecule has 1 unspecified atom stereocenters. The molecule has 10 heteroatoms. The normalized spacial score (nSPS) is 19.7. The number of hydrogen-bond donors (Lipinski definition) is 0. The van der Waals surface area contributed by atoms with E-state index < -0.39 is 10.1 Å². The molecule has 0 N–H and O–H groups in total. The van der Waals surface area contributed by atoms with E-state index in [4.69, 9.17) is 17.1 Å². The number of thioether (sulfide) groups is 1. The number of hydrogen-bond acceptors (Lipinski definition) is 6. The van der Waals surface area contributed by atoms with Crippen molar-refractivity contribution in [1.82, 2.24) is 0 Å². The molecule has 21 heavy (non-hydrogen) atoms. The maximum absolute atomic E-state index is 11.1. The number of benzene rings is 1. The van der Waals surface area contributed by atoms with Crippen LogP contribution < -0.4 is 0 Å². The summed E-state index contributed by atoms with van der Waals surface area (Å²) < 4.78 is 26.7. The van der Waals surface area contributed by atoms with E-state index in [9.17, 15) is 8.42 Å². The van der Waals surface area contributed by atoms with Gasteiger partial charge in [0.25, 0.3) is 0 Å². The molecule has 2 rings (SSSR count). The summed E-state index contributed by atoms with van der Waals surface area (Å²) in [4.78, 5) is 3.62. The van der Waals surface area contributed by atoms with Crippen LogP contribution in [-0.2, 0) is 14.4 Å². The second-order valence-electron chi connectivity index (χ2n) is 4.31. The molecule has 0 fully saturated rings. The van der Waals surface area contributed by atoms with Gasteiger partial charge in [0.05, 0.1) is 12.0 Å². The number of oxime groups is 1. The van der Waals surface area contributed by atoms with Crippen molar-refractivity contribution in [2.24, 2.45) is 10.3 Å². The van der Waals surface area contributed by atoms with Gasteiger partial charge in [-0.25, -0.2) is 0 Å². The third kappa shape index (κ3) is 4.53. The SMILES string of the molecule is CS(=O)(=O)O/N=C1\CC(CN=[N+]=[N-])Sc2ccc(Cl)cc21. The fourth-order valence-corrected chi connectivity index (χ4v) is 3.40. The van der Waals surface area contributed by atoms with Crippen molar-refractivity contribution in [3.63, 3.8) is 0 Å². The fraction of sp³-hybridized carbons (Fsp3) is 0.364. The third-order valence-corrected chi connectivity index (χ3v) is 4.44. The zero-order valence-corrected chi connectivity index (χ0v) is 13.3. The van der Waals surface area contributed by atoms with Gasteiger partial charge in [-0.3, -0.25) is 4.28 Å². The second kappa shape index (κ2) is 6.57. The quantitative estimate of drug-likeness (QED) is 0.361. The average molecular weight is 347 g/mol. The first kappa shape index (κ1) is 16.0. The first-order chi connectivity index (χ1) is 9.89. The Bertz CT molecular complexity index is 729. The summed E-state index contributed by atoms with van der Waals surface area (Å²) >= 11 is 7.50. The van der Waals surface area contributed by atoms with Crippen molar-refractivity contribution in [3.05, 3.63) is 39.2 Å². The van der Waals surface area contributed by atoms with Gasteiger partial charge in [-0.05, 0) is 23.7 Å². The molecule has 0 aliphatic carbocycles. The average Bonchev–Trinajstić information content (AvgIpc) is 2.42. The van der Waals surface area contributed by atoms with Crippen molar-refractivity contribution >= 4 is 39.2 Å². The first-order valence-electron chi connectivity index (χ1n) is 5.82. The highest BCUT2D eigenvalue weighted by Crippen LogP contribution is 2.37. The molecule has 1 aromatic carbocycles. The Morgan fingerprint density at radius 2 is 2.33 bits per heavy atom. The summed E-state index contributed by atoms with van der Waals surface area (Å²) in [6.07, 6.45) is 1.34. The van der Waals surface area contributed by atoms with Gasteiger partial charge >= 0.3 is 10.1 Å². The Balaban J connectivity index is 2.37. The van der Waals surface area contributed by atoms with E-state index in [2.05, 4.69) is 19.5 Å². The van der Waals surface area contributed by atoms with Crippen molar-refractivity contribution in [1.29, 1.82) is 0 Å². The lowest BCUT2D eigenvalue weighted by Crippen LogP contribution is -2.21. The van der Waals surface area contributed by atoms with Gasteiger partial charge in [0.15, 0.2) is 0 Å². The van der Waals surface area contributed by atoms with Crippen LogP contribution in [0.25, 0.3) is 10.4 Å². The van der Waals surface area contributed by atoms with E-state index in [1.54, 1.807) is 12.1 Å². The summed E-state index contributed by atoms with van der Waals surface area (Å²) in [5.41, 5.74) is 9.60. The predicted octanol–water partition coefficient (Wildman–Crippen LogP) is 3.20. The summed E-state index contributed by atoms with van der Waals surface area (Å²) in [5.74, 6) is 0. The molecule has 1 aliphatic heterocycles. The van der Waals surface area contributed by atoms with Crippen LogP contribution in [0.4, 0.5) is 0 Å². The minimum atomic E-state index is -3.68. The molecule has 0 saturated carbocycles. The third-order valence-electron chi connectivity index (χ3n) is 2.60. The standard InChI is InChI=1S/C11H11ClN4O3S2/c1-21(17,18)19-15-10-5-8(6-14-16-13)20-11-3-2-7(12)4-9(10)11/h2-4,8H,5-6H2,1H3/b15-10+. The monoisotopic (exact) mass is 346 g/mol. The van der Waals surface area contributed by atoms with Gasteiger partial charge in [0.1, 0.15) is 0 Å². The molecule has 0 radical (unpaired) electrons. The van der Waals surface area contributed by atoms with Crippen molar-refractivity contribution < 1.29 is 12.7 Å². The predicted molar refractivity (Wildman–Crippen MR) is 82.2 cm³/mol. The lowest BCUT2D eigenvalue weighted by molar-refractivity contribution is 0.342. The molecule has 0 spiro atoms. The number of nitrogens with zero attached hydrogens (tertiary/aromatic N) is 4. The van der Waals surface area contributed by atoms with E-state index in [1.807, 2.05) is 6.07 Å². The maximum Gasteiger partial charge on any atom is 0.325 e. The van der Waals surface area contributed by atoms with Crippen LogP contribution >= 0.6 is 23.4 Å². The minimum Gasteiger partial charge on any atom is -0.268 e. The van der Waals surface area contributed by atoms with Gasteiger partial charge in [-0.15, -0.1) is 11.8 Å². The number of fused-ring (bicyclic) bond motifs is 1. The molecule has 0 bridgehead atoms. The van der Waals surface area contributed by atoms with Gasteiger partial charge in [0, 0.05) is 38.6 Å². The lowest BCUT2D eigenvalue weighted by Gasteiger charge is -2.23. The van der Waals surface area contributed by atoms with Crippen LogP contribution in [0.2, 0.25) is 5.02 Å². The van der Waals surface area contributed by atoms with Gasteiger partial charge in [-0.1, -0.05) is 21.9 Å². The Labute approximate surface area is 131 Å². The zero-order chi connectivity index (χ0) is 15.5. The minimum absolute atomic E-state index is 0.0310. The Kier molecular flexibility index (Phi) is 5.00. The molecular weight excluding hydrogens is 336 g/mol. The lowest BCUT2D eigenvalue weighted by atomic mass is 10.0. The van der Waals surface area contributed by atoms with Gasteiger partial charge in [-0.2, -0.15) is 8.42 Å². The highest BCUT2D eigenvalue weighted by atomic mass is 35.5. The summed E-state index contributed by atoms with van der Waals surface area (Å²) in [6.45, 7) is 0.279. The highest BCUT2D eigenvalue weighted by Gasteiger charge is 2.25. The number of azide groups is 1. The van der Waals surface area contributed by atoms with E-state index in [-0.39, 0.29) is 11.8 Å². The topological polar surface area (TPSA) is 104 Å². The molecular formula is C11H11ClN4O3S2. The van der Waals surface area contributed by atoms with Gasteiger partial charge < -0.3 is 0 Å². The summed E-state index contributed by atoms with van der Waals surface area (Å²) in [6, 6.07) is 5.26. The van der Waals surface area contributed by atoms with Crippen LogP contribution in [-0.4, -0.2) is 32.2 Å². The summed E-state index contributed by atoms with van der Waals surface area (Å²) in [5, 5.41) is 7.76. The largest absolute Gasteiger partial charge is 0.325 e. The number of halogens is 1. The van der Waals surface area contributed by atoms with E-state index in [0.717, 1.165) is 16.7 Å². The molecule has 1 atom stereocenters. The fourth-order valence-electron chi connectivity index (χ4n) is 1.81. The van der Waals surface area contributed by atoms with Crippen LogP contribution in [0.3, 0.4) is 0 Å². The van der Waals surface area contributed by atoms with Crippen molar-refractivity contribution in [2.75, 3.05) is 12.8 Å². The molecule has 0 saturated heterocycles. The Hall–Kier alpha value is -1.41. The molecule has 112 valence electrons.